The van der Waals surface area contributed by atoms with Crippen molar-refractivity contribution < 1.29 is 22.8 Å². The Morgan fingerprint density at radius 1 is 0.588 bits per heavy atom. The molecule has 1 atom stereocenters. The molecule has 0 rings (SSSR count). The fraction of sp³-hybridized carbons (Fsp3) is 1.00. The van der Waals surface area contributed by atoms with Crippen LogP contribution in [0, 0.1) is 5.92 Å². The minimum atomic E-state index is -2.56. The highest BCUT2D eigenvalue weighted by molar-refractivity contribution is 6.60. The van der Waals surface area contributed by atoms with Gasteiger partial charge in [-0.1, -0.05) is 96.8 Å². The molecule has 0 aliphatic carbocycles. The molecule has 0 fully saturated rings. The first-order chi connectivity index (χ1) is 16.0. The number of unbranched alkanes of at least 4 members (excludes halogenated alkanes) is 13. The molecule has 6 nitrogen and oxygen atoms in total. The Kier molecular flexibility index (Phi) is 25.3. The fourth-order valence-corrected chi connectivity index (χ4v) is 6.42. The molecule has 0 aromatic heterocycles. The van der Waals surface area contributed by atoms with Crippen LogP contribution in [0.2, 0.25) is 6.04 Å². The summed E-state index contributed by atoms with van der Waals surface area (Å²) in [5.41, 5.74) is 6.42. The highest BCUT2D eigenvalue weighted by Crippen LogP contribution is 2.30. The van der Waals surface area contributed by atoms with Crippen molar-refractivity contribution in [2.75, 3.05) is 35.5 Å². The van der Waals surface area contributed by atoms with Crippen LogP contribution in [-0.4, -0.2) is 50.3 Å². The summed E-state index contributed by atoms with van der Waals surface area (Å²) in [5.74, 6) is -0.921. The molecule has 1 unspecified atom stereocenters. The van der Waals surface area contributed by atoms with E-state index >= 15 is 0 Å². The molecule has 0 spiro atoms. The summed E-state index contributed by atoms with van der Waals surface area (Å²) in [5, 5.41) is 0. The number of rotatable bonds is 25. The molecule has 0 aliphatic heterocycles. The van der Waals surface area contributed by atoms with Crippen LogP contribution in [0.25, 0.3) is 0 Å². The van der Waals surface area contributed by atoms with Gasteiger partial charge in [0.25, 0.3) is 0 Å². The van der Waals surface area contributed by atoms with Crippen molar-refractivity contribution in [1.82, 2.24) is 0 Å². The average Bonchev–Trinajstić information content (AvgIpc) is 2.85. The Labute approximate surface area is 219 Å². The zero-order valence-corrected chi connectivity index (χ0v) is 25.1. The summed E-state index contributed by atoms with van der Waals surface area (Å²) in [4.78, 5) is 0. The molecule has 0 aromatic carbocycles. The zero-order valence-electron chi connectivity index (χ0n) is 23.3. The van der Waals surface area contributed by atoms with E-state index in [1.807, 2.05) is 0 Å². The van der Waals surface area contributed by atoms with Crippen LogP contribution in [0.5, 0.6) is 0 Å². The number of nitrogens with two attached hydrogens (primary N) is 1. The van der Waals surface area contributed by atoms with Gasteiger partial charge in [0, 0.05) is 47.5 Å². The number of ether oxygens (including phenoxy) is 2. The summed E-state index contributed by atoms with van der Waals surface area (Å²) in [7, 11) is 5.66. The molecular formula is C26H58ClNO5Si. The van der Waals surface area contributed by atoms with Gasteiger partial charge in [0.15, 0.2) is 0 Å². The van der Waals surface area contributed by atoms with Gasteiger partial charge in [-0.15, -0.1) is 12.4 Å². The Morgan fingerprint density at radius 2 is 0.941 bits per heavy atom. The van der Waals surface area contributed by atoms with E-state index in [2.05, 4.69) is 6.92 Å². The topological polar surface area (TPSA) is 72.2 Å². The molecule has 8 heteroatoms. The number of hydrogen-bond donors (Lipinski definition) is 1. The van der Waals surface area contributed by atoms with Gasteiger partial charge in [-0.25, -0.2) is 0 Å². The van der Waals surface area contributed by atoms with Crippen molar-refractivity contribution in [1.29, 1.82) is 0 Å². The zero-order chi connectivity index (χ0) is 24.8. The maximum atomic E-state index is 6.42. The third kappa shape index (κ3) is 16.1. The quantitative estimate of drug-likeness (QED) is 0.0754. The van der Waals surface area contributed by atoms with Crippen LogP contribution in [-0.2, 0) is 22.8 Å². The second-order valence-electron chi connectivity index (χ2n) is 9.40. The lowest BCUT2D eigenvalue weighted by Crippen LogP contribution is -2.51. The molecule has 34 heavy (non-hydrogen) atoms. The molecule has 0 heterocycles. The van der Waals surface area contributed by atoms with Crippen LogP contribution in [0.3, 0.4) is 0 Å². The standard InChI is InChI=1S/C26H57NO5Si.ClH/c1-7-8-9-10-11-12-13-14-15-16-17-18-19-20-22-25(26(27,28-2)29-3)23-21-24-33(30-4,31-5)32-6;/h25H,7-24,27H2,1-6H3;1H. The van der Waals surface area contributed by atoms with Crippen molar-refractivity contribution in [2.45, 2.75) is 128 Å². The average molecular weight is 528 g/mol. The van der Waals surface area contributed by atoms with E-state index in [-0.39, 0.29) is 18.3 Å². The molecule has 0 saturated carbocycles. The molecule has 208 valence electrons. The van der Waals surface area contributed by atoms with Crippen molar-refractivity contribution in [2.24, 2.45) is 11.7 Å². The lowest BCUT2D eigenvalue weighted by Gasteiger charge is -2.35. The van der Waals surface area contributed by atoms with Crippen molar-refractivity contribution in [3.63, 3.8) is 0 Å². The first-order valence-electron chi connectivity index (χ1n) is 13.5. The molecule has 0 amide bonds. The summed E-state index contributed by atoms with van der Waals surface area (Å²) in [6.45, 7) is 2.28. The predicted octanol–water partition coefficient (Wildman–Crippen LogP) is 7.46. The molecular weight excluding hydrogens is 470 g/mol. The van der Waals surface area contributed by atoms with Gasteiger partial charge in [0.2, 0.25) is 5.91 Å². The van der Waals surface area contributed by atoms with Gasteiger partial charge in [-0.3, -0.25) is 5.73 Å². The van der Waals surface area contributed by atoms with Gasteiger partial charge < -0.3 is 22.8 Å². The van der Waals surface area contributed by atoms with E-state index in [0.29, 0.717) is 0 Å². The highest BCUT2D eigenvalue weighted by Gasteiger charge is 2.39. The van der Waals surface area contributed by atoms with Crippen LogP contribution < -0.4 is 5.73 Å². The molecule has 0 aliphatic rings. The van der Waals surface area contributed by atoms with Gasteiger partial charge in [-0.05, 0) is 19.3 Å². The SMILES string of the molecule is CCCCCCCCCCCCCCCCC(CCC[Si](OC)(OC)OC)C(N)(OC)OC.Cl. The van der Waals surface area contributed by atoms with Gasteiger partial charge in [0.05, 0.1) is 0 Å². The Bertz CT molecular complexity index is 418. The first-order valence-corrected chi connectivity index (χ1v) is 15.4. The maximum Gasteiger partial charge on any atom is 0.500 e. The van der Waals surface area contributed by atoms with Crippen molar-refractivity contribution >= 4 is 21.2 Å². The first kappa shape index (κ1) is 36.4. The van der Waals surface area contributed by atoms with E-state index in [0.717, 1.165) is 31.7 Å². The summed E-state index contributed by atoms with van der Waals surface area (Å²) in [6, 6.07) is 0.759. The summed E-state index contributed by atoms with van der Waals surface area (Å²) in [6.07, 6.45) is 21.8. The van der Waals surface area contributed by atoms with Crippen molar-refractivity contribution in [3.8, 4) is 0 Å². The number of hydrogen-bond acceptors (Lipinski definition) is 6. The Morgan fingerprint density at radius 3 is 1.29 bits per heavy atom. The number of halogens is 1. The molecule has 0 bridgehead atoms. The third-order valence-corrected chi connectivity index (χ3v) is 9.91. The maximum absolute atomic E-state index is 6.42. The van der Waals surface area contributed by atoms with E-state index in [4.69, 9.17) is 28.5 Å². The highest BCUT2D eigenvalue weighted by atomic mass is 35.5. The second-order valence-corrected chi connectivity index (χ2v) is 12.5. The van der Waals surface area contributed by atoms with E-state index in [1.165, 1.54) is 83.5 Å². The summed E-state index contributed by atoms with van der Waals surface area (Å²) < 4.78 is 27.7. The second kappa shape index (κ2) is 23.7. The van der Waals surface area contributed by atoms with E-state index in [9.17, 15) is 0 Å². The molecule has 0 saturated heterocycles. The molecule has 2 N–H and O–H groups in total. The van der Waals surface area contributed by atoms with Crippen LogP contribution >= 0.6 is 12.4 Å². The predicted molar refractivity (Wildman–Crippen MR) is 147 cm³/mol. The van der Waals surface area contributed by atoms with Crippen LogP contribution in [0.15, 0.2) is 0 Å². The number of methoxy groups -OCH3 is 2. The lowest BCUT2D eigenvalue weighted by atomic mass is 9.92. The summed E-state index contributed by atoms with van der Waals surface area (Å²) >= 11 is 0. The van der Waals surface area contributed by atoms with Crippen molar-refractivity contribution in [3.05, 3.63) is 0 Å². The molecule has 0 aromatic rings. The Hall–Kier alpha value is 0.267. The van der Waals surface area contributed by atoms with Crippen LogP contribution in [0.4, 0.5) is 0 Å². The van der Waals surface area contributed by atoms with Crippen LogP contribution in [0.1, 0.15) is 116 Å². The smallest absolute Gasteiger partial charge is 0.377 e. The third-order valence-electron chi connectivity index (χ3n) is 7.08. The minimum absolute atomic E-state index is 0. The minimum Gasteiger partial charge on any atom is -0.377 e. The largest absolute Gasteiger partial charge is 0.500 e. The van der Waals surface area contributed by atoms with Gasteiger partial charge in [0.1, 0.15) is 0 Å². The van der Waals surface area contributed by atoms with E-state index < -0.39 is 14.7 Å². The normalized spacial score (nSPS) is 13.1. The monoisotopic (exact) mass is 527 g/mol. The Balaban J connectivity index is 0. The van der Waals surface area contributed by atoms with Gasteiger partial charge in [-0.2, -0.15) is 0 Å². The molecule has 0 radical (unpaired) electrons. The van der Waals surface area contributed by atoms with Gasteiger partial charge >= 0.3 is 8.80 Å². The van der Waals surface area contributed by atoms with E-state index in [1.54, 1.807) is 35.5 Å². The lowest BCUT2D eigenvalue weighted by molar-refractivity contribution is -0.239. The fourth-order valence-electron chi connectivity index (χ4n) is 4.67.